The molecule has 0 saturated heterocycles. The smallest absolute Gasteiger partial charge is 0.261 e. The second kappa shape index (κ2) is 7.48. The quantitative estimate of drug-likeness (QED) is 0.666. The Hall–Kier alpha value is -2.67. The van der Waals surface area contributed by atoms with Crippen molar-refractivity contribution in [2.75, 3.05) is 37.4 Å². The molecule has 0 atom stereocenters. The van der Waals surface area contributed by atoms with Gasteiger partial charge in [-0.2, -0.15) is 4.98 Å². The van der Waals surface area contributed by atoms with Crippen LogP contribution in [0.4, 0.5) is 11.8 Å². The molecule has 6 nitrogen and oxygen atoms in total. The maximum Gasteiger partial charge on any atom is 0.261 e. The van der Waals surface area contributed by atoms with Crippen molar-refractivity contribution >= 4 is 39.1 Å². The Bertz CT molecular complexity index is 857. The lowest BCUT2D eigenvalue weighted by Gasteiger charge is -2.13. The fourth-order valence-electron chi connectivity index (χ4n) is 2.39. The number of rotatable bonds is 6. The zero-order chi connectivity index (χ0) is 17.8. The summed E-state index contributed by atoms with van der Waals surface area (Å²) in [5, 5.41) is 7.18. The van der Waals surface area contributed by atoms with E-state index >= 15 is 0 Å². The number of aromatic nitrogens is 2. The molecular weight excluding hydrogens is 334 g/mol. The first-order valence-electron chi connectivity index (χ1n) is 8.06. The lowest BCUT2D eigenvalue weighted by atomic mass is 10.2. The van der Waals surface area contributed by atoms with Crippen LogP contribution in [0.1, 0.15) is 15.4 Å². The Morgan fingerprint density at radius 2 is 1.96 bits per heavy atom. The third kappa shape index (κ3) is 4.24. The number of fused-ring (bicyclic) bond motifs is 1. The fourth-order valence-corrected chi connectivity index (χ4v) is 3.37. The first-order valence-corrected chi connectivity index (χ1v) is 8.88. The minimum atomic E-state index is -0.0536. The summed E-state index contributed by atoms with van der Waals surface area (Å²) in [5.41, 5.74) is 0.899. The molecule has 0 radical (unpaired) electrons. The lowest BCUT2D eigenvalue weighted by Crippen LogP contribution is -2.28. The van der Waals surface area contributed by atoms with E-state index in [0.29, 0.717) is 19.0 Å². The summed E-state index contributed by atoms with van der Waals surface area (Å²) in [6.07, 6.45) is 0. The maximum absolute atomic E-state index is 12.3. The molecule has 3 rings (SSSR count). The van der Waals surface area contributed by atoms with Crippen LogP contribution < -0.4 is 15.5 Å². The number of benzene rings is 1. The van der Waals surface area contributed by atoms with Crippen molar-refractivity contribution in [1.82, 2.24) is 15.3 Å². The Kier molecular flexibility index (Phi) is 5.14. The highest BCUT2D eigenvalue weighted by Crippen LogP contribution is 2.24. The normalized spacial score (nSPS) is 10.7. The molecule has 0 aliphatic heterocycles. The molecule has 0 aliphatic carbocycles. The van der Waals surface area contributed by atoms with Crippen LogP contribution in [0.5, 0.6) is 0 Å². The lowest BCUT2D eigenvalue weighted by molar-refractivity contribution is 0.0959. The molecule has 0 spiro atoms. The number of anilines is 2. The number of hydrogen-bond donors (Lipinski definition) is 2. The van der Waals surface area contributed by atoms with E-state index in [1.807, 2.05) is 62.3 Å². The first-order chi connectivity index (χ1) is 12.0. The second-order valence-electron chi connectivity index (χ2n) is 5.92. The molecule has 0 bridgehead atoms. The predicted octanol–water partition coefficient (Wildman–Crippen LogP) is 2.91. The second-order valence-corrected chi connectivity index (χ2v) is 7.00. The summed E-state index contributed by atoms with van der Waals surface area (Å²) in [6, 6.07) is 11.8. The predicted molar refractivity (Wildman–Crippen MR) is 104 cm³/mol. The monoisotopic (exact) mass is 355 g/mol. The van der Waals surface area contributed by atoms with Crippen LogP contribution in [0.25, 0.3) is 10.1 Å². The van der Waals surface area contributed by atoms with Gasteiger partial charge >= 0.3 is 0 Å². The van der Waals surface area contributed by atoms with Gasteiger partial charge in [0, 0.05) is 43.6 Å². The molecule has 0 aliphatic rings. The van der Waals surface area contributed by atoms with Gasteiger partial charge in [-0.3, -0.25) is 4.79 Å². The van der Waals surface area contributed by atoms with Crippen molar-refractivity contribution in [3.63, 3.8) is 0 Å². The number of hydrogen-bond acceptors (Lipinski definition) is 6. The zero-order valence-electron chi connectivity index (χ0n) is 14.5. The first kappa shape index (κ1) is 17.2. The third-order valence-corrected chi connectivity index (χ3v) is 4.76. The van der Waals surface area contributed by atoms with E-state index < -0.39 is 0 Å². The molecule has 2 heterocycles. The van der Waals surface area contributed by atoms with Crippen molar-refractivity contribution in [2.45, 2.75) is 6.92 Å². The number of carbonyl (C=O) groups is 1. The Morgan fingerprint density at radius 3 is 2.72 bits per heavy atom. The van der Waals surface area contributed by atoms with E-state index in [4.69, 9.17) is 0 Å². The summed E-state index contributed by atoms with van der Waals surface area (Å²) < 4.78 is 1.12. The largest absolute Gasteiger partial charge is 0.363 e. The molecule has 25 heavy (non-hydrogen) atoms. The van der Waals surface area contributed by atoms with Crippen LogP contribution >= 0.6 is 11.3 Å². The molecule has 7 heteroatoms. The van der Waals surface area contributed by atoms with Gasteiger partial charge in [0.2, 0.25) is 5.95 Å². The summed E-state index contributed by atoms with van der Waals surface area (Å²) in [5.74, 6) is 1.37. The van der Waals surface area contributed by atoms with Crippen LogP contribution in [-0.4, -0.2) is 43.1 Å². The summed E-state index contributed by atoms with van der Waals surface area (Å²) in [6.45, 7) is 3.00. The molecular formula is C18H21N5OS. The SMILES string of the molecule is Cc1cc(N(C)C)nc(NCCNC(=O)c2cc3ccccc3s2)n1. The van der Waals surface area contributed by atoms with Gasteiger partial charge in [0.05, 0.1) is 4.88 Å². The number of nitrogens with zero attached hydrogens (tertiary/aromatic N) is 3. The van der Waals surface area contributed by atoms with Crippen molar-refractivity contribution < 1.29 is 4.79 Å². The van der Waals surface area contributed by atoms with Gasteiger partial charge in [-0.15, -0.1) is 11.3 Å². The summed E-state index contributed by atoms with van der Waals surface area (Å²) >= 11 is 1.50. The molecule has 0 unspecified atom stereocenters. The van der Waals surface area contributed by atoms with Crippen LogP contribution in [0, 0.1) is 6.92 Å². The van der Waals surface area contributed by atoms with Crippen molar-refractivity contribution in [2.24, 2.45) is 0 Å². The number of aryl methyl sites for hydroxylation is 1. The molecule has 0 saturated carbocycles. The number of nitrogens with one attached hydrogen (secondary N) is 2. The zero-order valence-corrected chi connectivity index (χ0v) is 15.4. The highest BCUT2D eigenvalue weighted by molar-refractivity contribution is 7.20. The van der Waals surface area contributed by atoms with Gasteiger partial charge in [-0.1, -0.05) is 18.2 Å². The standard InChI is InChI=1S/C18H21N5OS/c1-12-10-16(23(2)3)22-18(21-12)20-9-8-19-17(24)15-11-13-6-4-5-7-14(13)25-15/h4-7,10-11H,8-9H2,1-3H3,(H,19,24)(H,20,21,22). The minimum Gasteiger partial charge on any atom is -0.363 e. The van der Waals surface area contributed by atoms with Crippen LogP contribution in [0.2, 0.25) is 0 Å². The van der Waals surface area contributed by atoms with Gasteiger partial charge in [0.25, 0.3) is 5.91 Å². The molecule has 1 amide bonds. The Labute approximate surface area is 150 Å². The molecule has 130 valence electrons. The fraction of sp³-hybridized carbons (Fsp3) is 0.278. The van der Waals surface area contributed by atoms with Crippen molar-refractivity contribution in [3.8, 4) is 0 Å². The Morgan fingerprint density at radius 1 is 1.16 bits per heavy atom. The topological polar surface area (TPSA) is 70.2 Å². The molecule has 0 fully saturated rings. The number of amides is 1. The van der Waals surface area contributed by atoms with E-state index in [1.165, 1.54) is 11.3 Å². The summed E-state index contributed by atoms with van der Waals surface area (Å²) in [7, 11) is 3.88. The van der Waals surface area contributed by atoms with E-state index in [9.17, 15) is 4.79 Å². The maximum atomic E-state index is 12.3. The molecule has 2 N–H and O–H groups in total. The van der Waals surface area contributed by atoms with E-state index in [1.54, 1.807) is 0 Å². The molecule has 3 aromatic rings. The minimum absolute atomic E-state index is 0.0536. The average Bonchev–Trinajstić information content (AvgIpc) is 3.02. The van der Waals surface area contributed by atoms with Crippen molar-refractivity contribution in [1.29, 1.82) is 0 Å². The van der Waals surface area contributed by atoms with Crippen LogP contribution in [-0.2, 0) is 0 Å². The van der Waals surface area contributed by atoms with Crippen LogP contribution in [0.3, 0.4) is 0 Å². The van der Waals surface area contributed by atoms with Crippen LogP contribution in [0.15, 0.2) is 36.4 Å². The number of thiophene rings is 1. The average molecular weight is 355 g/mol. The van der Waals surface area contributed by atoms with Crippen molar-refractivity contribution in [3.05, 3.63) is 47.0 Å². The Balaban J connectivity index is 1.53. The van der Waals surface area contributed by atoms with E-state index in [2.05, 4.69) is 20.6 Å². The van der Waals surface area contributed by atoms with E-state index in [0.717, 1.165) is 26.5 Å². The van der Waals surface area contributed by atoms with Gasteiger partial charge in [0.1, 0.15) is 5.82 Å². The third-order valence-electron chi connectivity index (χ3n) is 3.64. The number of carbonyl (C=O) groups excluding carboxylic acids is 1. The highest BCUT2D eigenvalue weighted by atomic mass is 32.1. The van der Waals surface area contributed by atoms with Gasteiger partial charge < -0.3 is 15.5 Å². The molecule has 1 aromatic carbocycles. The summed E-state index contributed by atoms with van der Waals surface area (Å²) in [4.78, 5) is 23.7. The molecule has 2 aromatic heterocycles. The highest BCUT2D eigenvalue weighted by Gasteiger charge is 2.09. The van der Waals surface area contributed by atoms with Gasteiger partial charge in [0.15, 0.2) is 0 Å². The van der Waals surface area contributed by atoms with Gasteiger partial charge in [-0.25, -0.2) is 4.98 Å². The van der Waals surface area contributed by atoms with Gasteiger partial charge in [-0.05, 0) is 24.4 Å². The van der Waals surface area contributed by atoms with E-state index in [-0.39, 0.29) is 5.91 Å².